The average molecular weight is 376 g/mol. The number of thioether (sulfide) groups is 1. The molecule has 7 heteroatoms. The van der Waals surface area contributed by atoms with Crippen molar-refractivity contribution in [1.29, 1.82) is 0 Å². The minimum atomic E-state index is 0.894. The van der Waals surface area contributed by atoms with Crippen LogP contribution in [-0.4, -0.2) is 44.2 Å². The number of nitrogens with one attached hydrogen (secondary N) is 2. The van der Waals surface area contributed by atoms with Crippen molar-refractivity contribution in [2.24, 2.45) is 0 Å². The molecule has 1 aliphatic heterocycles. The Morgan fingerprint density at radius 1 is 1.04 bits per heavy atom. The van der Waals surface area contributed by atoms with Crippen molar-refractivity contribution in [1.82, 2.24) is 19.6 Å². The molecule has 4 aromatic rings. The summed E-state index contributed by atoms with van der Waals surface area (Å²) in [5, 5.41) is 10.4. The number of hydrogen-bond acceptors (Lipinski definition) is 5. The Labute approximate surface area is 161 Å². The molecule has 0 spiro atoms. The Morgan fingerprint density at radius 2 is 1.89 bits per heavy atom. The zero-order valence-electron chi connectivity index (χ0n) is 14.8. The molecular weight excluding hydrogens is 356 g/mol. The molecule has 1 aliphatic rings. The highest BCUT2D eigenvalue weighted by Crippen LogP contribution is 2.28. The van der Waals surface area contributed by atoms with E-state index in [2.05, 4.69) is 66.2 Å². The molecule has 0 atom stereocenters. The van der Waals surface area contributed by atoms with Crippen molar-refractivity contribution in [2.75, 3.05) is 34.8 Å². The van der Waals surface area contributed by atoms with Gasteiger partial charge in [0.15, 0.2) is 5.65 Å². The fourth-order valence-electron chi connectivity index (χ4n) is 3.47. The van der Waals surface area contributed by atoms with Gasteiger partial charge in [-0.15, -0.1) is 0 Å². The van der Waals surface area contributed by atoms with Gasteiger partial charge >= 0.3 is 0 Å². The number of aromatic amines is 1. The number of aromatic nitrogens is 4. The molecular formula is C20H20N6S. The number of anilines is 3. The van der Waals surface area contributed by atoms with Gasteiger partial charge in [0.2, 0.25) is 0 Å². The number of fused-ring (bicyclic) bond motifs is 1. The highest BCUT2D eigenvalue weighted by atomic mass is 32.2. The highest BCUT2D eigenvalue weighted by molar-refractivity contribution is 7.99. The second kappa shape index (κ2) is 7.00. The van der Waals surface area contributed by atoms with Crippen molar-refractivity contribution in [3.05, 3.63) is 61.2 Å². The smallest absolute Gasteiger partial charge is 0.161 e. The minimum Gasteiger partial charge on any atom is -0.370 e. The third-order valence-electron chi connectivity index (χ3n) is 4.87. The van der Waals surface area contributed by atoms with Crippen LogP contribution in [0.1, 0.15) is 0 Å². The molecule has 1 aromatic carbocycles. The lowest BCUT2D eigenvalue weighted by atomic mass is 10.2. The van der Waals surface area contributed by atoms with Gasteiger partial charge in [-0.3, -0.25) is 9.50 Å². The van der Waals surface area contributed by atoms with Crippen LogP contribution in [0.2, 0.25) is 0 Å². The summed E-state index contributed by atoms with van der Waals surface area (Å²) in [5.74, 6) is 2.42. The number of imidazole rings is 1. The molecule has 0 bridgehead atoms. The second-order valence-electron chi connectivity index (χ2n) is 6.51. The van der Waals surface area contributed by atoms with E-state index in [0.717, 1.165) is 41.4 Å². The van der Waals surface area contributed by atoms with E-state index in [0.29, 0.717) is 0 Å². The average Bonchev–Trinajstić information content (AvgIpc) is 3.42. The van der Waals surface area contributed by atoms with Crippen LogP contribution in [0.5, 0.6) is 0 Å². The van der Waals surface area contributed by atoms with Crippen LogP contribution in [0.25, 0.3) is 16.9 Å². The quantitative estimate of drug-likeness (QED) is 0.563. The Bertz CT molecular complexity index is 1030. The lowest BCUT2D eigenvalue weighted by molar-refractivity contribution is 0.859. The number of H-pyrrole nitrogens is 1. The standard InChI is InChI=1S/C20H20N6S/c1-3-17(25-9-11-27-12-10-25)4-2-16(1)24-18-5-6-19(15-13-22-23-14-15)26-8-7-21-20(18)26/h1-8,13-14,24H,9-12H2,(H,22,23). The Hall–Kier alpha value is -2.93. The van der Waals surface area contributed by atoms with Crippen molar-refractivity contribution in [3.8, 4) is 11.3 Å². The van der Waals surface area contributed by atoms with Gasteiger partial charge in [-0.25, -0.2) is 4.98 Å². The predicted molar refractivity (Wildman–Crippen MR) is 112 cm³/mol. The van der Waals surface area contributed by atoms with Gasteiger partial charge in [-0.2, -0.15) is 16.9 Å². The van der Waals surface area contributed by atoms with E-state index >= 15 is 0 Å². The molecule has 5 rings (SSSR count). The van der Waals surface area contributed by atoms with Crippen LogP contribution in [0, 0.1) is 0 Å². The van der Waals surface area contributed by atoms with Crippen molar-refractivity contribution in [3.63, 3.8) is 0 Å². The fourth-order valence-corrected chi connectivity index (χ4v) is 4.37. The van der Waals surface area contributed by atoms with Gasteiger partial charge in [-0.05, 0) is 36.4 Å². The Kier molecular flexibility index (Phi) is 4.21. The molecule has 1 fully saturated rings. The molecule has 0 saturated carbocycles. The van der Waals surface area contributed by atoms with E-state index in [9.17, 15) is 0 Å². The molecule has 6 nitrogen and oxygen atoms in total. The second-order valence-corrected chi connectivity index (χ2v) is 7.74. The first-order valence-corrected chi connectivity index (χ1v) is 10.2. The summed E-state index contributed by atoms with van der Waals surface area (Å²) in [6.07, 6.45) is 7.50. The van der Waals surface area contributed by atoms with Crippen LogP contribution in [0.3, 0.4) is 0 Å². The summed E-state index contributed by atoms with van der Waals surface area (Å²) in [4.78, 5) is 6.99. The lowest BCUT2D eigenvalue weighted by Crippen LogP contribution is -2.32. The number of pyridine rings is 1. The first-order valence-electron chi connectivity index (χ1n) is 9.03. The third-order valence-corrected chi connectivity index (χ3v) is 5.81. The number of benzene rings is 1. The number of nitrogens with zero attached hydrogens (tertiary/aromatic N) is 4. The molecule has 0 radical (unpaired) electrons. The summed E-state index contributed by atoms with van der Waals surface area (Å²) in [6, 6.07) is 12.8. The first-order chi connectivity index (χ1) is 13.4. The molecule has 2 N–H and O–H groups in total. The lowest BCUT2D eigenvalue weighted by Gasteiger charge is -2.28. The molecule has 4 heterocycles. The summed E-state index contributed by atoms with van der Waals surface area (Å²) in [6.45, 7) is 2.25. The van der Waals surface area contributed by atoms with E-state index in [1.807, 2.05) is 36.5 Å². The maximum Gasteiger partial charge on any atom is 0.161 e. The van der Waals surface area contributed by atoms with E-state index in [1.165, 1.54) is 17.2 Å². The normalized spacial score (nSPS) is 14.6. The van der Waals surface area contributed by atoms with Crippen LogP contribution < -0.4 is 10.2 Å². The summed E-state index contributed by atoms with van der Waals surface area (Å²) in [7, 11) is 0. The third kappa shape index (κ3) is 3.14. The van der Waals surface area contributed by atoms with Crippen molar-refractivity contribution in [2.45, 2.75) is 0 Å². The Balaban J connectivity index is 1.42. The molecule has 0 amide bonds. The molecule has 0 unspecified atom stereocenters. The van der Waals surface area contributed by atoms with Crippen molar-refractivity contribution >= 4 is 34.5 Å². The molecule has 1 saturated heterocycles. The predicted octanol–water partition coefficient (Wildman–Crippen LogP) is 4.02. The van der Waals surface area contributed by atoms with Gasteiger partial charge in [-0.1, -0.05) is 0 Å². The van der Waals surface area contributed by atoms with Crippen LogP contribution in [0.15, 0.2) is 61.2 Å². The van der Waals surface area contributed by atoms with E-state index in [1.54, 1.807) is 0 Å². The van der Waals surface area contributed by atoms with Gasteiger partial charge in [0, 0.05) is 60.1 Å². The number of rotatable bonds is 4. The topological polar surface area (TPSA) is 61.3 Å². The van der Waals surface area contributed by atoms with Gasteiger partial charge < -0.3 is 10.2 Å². The first kappa shape index (κ1) is 16.3. The monoisotopic (exact) mass is 376 g/mol. The zero-order valence-corrected chi connectivity index (χ0v) is 15.6. The SMILES string of the molecule is c1cn2c(-c3cn[nH]c3)ccc(Nc3ccc(N4CCSCC4)cc3)c2n1. The fraction of sp³-hybridized carbons (Fsp3) is 0.200. The maximum absolute atomic E-state index is 4.54. The Morgan fingerprint density at radius 3 is 2.67 bits per heavy atom. The van der Waals surface area contributed by atoms with Crippen LogP contribution >= 0.6 is 11.8 Å². The minimum absolute atomic E-state index is 0.894. The van der Waals surface area contributed by atoms with Gasteiger partial charge in [0.05, 0.1) is 17.6 Å². The van der Waals surface area contributed by atoms with Crippen molar-refractivity contribution < 1.29 is 0 Å². The van der Waals surface area contributed by atoms with E-state index in [4.69, 9.17) is 0 Å². The highest BCUT2D eigenvalue weighted by Gasteiger charge is 2.12. The van der Waals surface area contributed by atoms with E-state index < -0.39 is 0 Å². The molecule has 3 aromatic heterocycles. The molecule has 136 valence electrons. The van der Waals surface area contributed by atoms with E-state index in [-0.39, 0.29) is 0 Å². The summed E-state index contributed by atoms with van der Waals surface area (Å²) < 4.78 is 2.08. The maximum atomic E-state index is 4.54. The molecule has 0 aliphatic carbocycles. The van der Waals surface area contributed by atoms with Gasteiger partial charge in [0.25, 0.3) is 0 Å². The zero-order chi connectivity index (χ0) is 18.1. The largest absolute Gasteiger partial charge is 0.370 e. The van der Waals surface area contributed by atoms with Gasteiger partial charge in [0.1, 0.15) is 0 Å². The van der Waals surface area contributed by atoms with Crippen LogP contribution in [0.4, 0.5) is 17.1 Å². The summed E-state index contributed by atoms with van der Waals surface area (Å²) in [5.41, 5.74) is 6.32. The molecule has 27 heavy (non-hydrogen) atoms. The summed E-state index contributed by atoms with van der Waals surface area (Å²) >= 11 is 2.03. The van der Waals surface area contributed by atoms with Crippen LogP contribution in [-0.2, 0) is 0 Å². The number of hydrogen-bond donors (Lipinski definition) is 2.